The molecule has 88 valence electrons. The van der Waals surface area contributed by atoms with Crippen LogP contribution in [0.5, 0.6) is 0 Å². The van der Waals surface area contributed by atoms with E-state index < -0.39 is 0 Å². The van der Waals surface area contributed by atoms with Gasteiger partial charge >= 0.3 is 0 Å². The molecule has 2 aliphatic rings. The van der Waals surface area contributed by atoms with Crippen molar-refractivity contribution < 1.29 is 4.74 Å². The molecular weight excluding hydrogens is 188 g/mol. The van der Waals surface area contributed by atoms with Gasteiger partial charge in [0, 0.05) is 26.2 Å². The topological polar surface area (TPSA) is 24.5 Å². The first-order valence-corrected chi connectivity index (χ1v) is 6.19. The molecule has 2 fully saturated rings. The lowest BCUT2D eigenvalue weighted by Crippen LogP contribution is -2.38. The third-order valence-electron chi connectivity index (χ3n) is 3.65. The van der Waals surface area contributed by atoms with Gasteiger partial charge in [-0.2, -0.15) is 0 Å². The second-order valence-electron chi connectivity index (χ2n) is 5.57. The van der Waals surface area contributed by atoms with Crippen molar-refractivity contribution in [3.05, 3.63) is 0 Å². The van der Waals surface area contributed by atoms with Crippen LogP contribution >= 0.6 is 0 Å². The van der Waals surface area contributed by atoms with E-state index in [2.05, 4.69) is 24.2 Å². The van der Waals surface area contributed by atoms with Gasteiger partial charge in [0.1, 0.15) is 0 Å². The van der Waals surface area contributed by atoms with E-state index in [0.717, 1.165) is 13.2 Å². The third-order valence-corrected chi connectivity index (χ3v) is 3.65. The minimum Gasteiger partial charge on any atom is -0.377 e. The maximum Gasteiger partial charge on any atom is 0.0702 e. The molecule has 3 nitrogen and oxygen atoms in total. The fraction of sp³-hybridized carbons (Fsp3) is 1.00. The smallest absolute Gasteiger partial charge is 0.0702 e. The zero-order valence-electron chi connectivity index (χ0n) is 10.1. The summed E-state index contributed by atoms with van der Waals surface area (Å²) in [6.07, 6.45) is 4.30. The summed E-state index contributed by atoms with van der Waals surface area (Å²) >= 11 is 0. The SMILES string of the molecule is CN(C[C@@H]1CCCO1)CC1(C)CCNC1. The van der Waals surface area contributed by atoms with Gasteiger partial charge < -0.3 is 15.0 Å². The summed E-state index contributed by atoms with van der Waals surface area (Å²) in [5.41, 5.74) is 0.480. The number of nitrogens with zero attached hydrogens (tertiary/aromatic N) is 1. The molecule has 2 rings (SSSR count). The lowest BCUT2D eigenvalue weighted by molar-refractivity contribution is 0.0697. The van der Waals surface area contributed by atoms with E-state index in [1.807, 2.05) is 0 Å². The van der Waals surface area contributed by atoms with E-state index in [4.69, 9.17) is 4.74 Å². The summed E-state index contributed by atoms with van der Waals surface area (Å²) in [5.74, 6) is 0. The van der Waals surface area contributed by atoms with Gasteiger partial charge in [0.05, 0.1) is 6.10 Å². The van der Waals surface area contributed by atoms with Crippen molar-refractivity contribution in [1.82, 2.24) is 10.2 Å². The van der Waals surface area contributed by atoms with E-state index >= 15 is 0 Å². The highest BCUT2D eigenvalue weighted by molar-refractivity contribution is 4.86. The molecule has 2 heterocycles. The Bertz CT molecular complexity index is 196. The van der Waals surface area contributed by atoms with Crippen LogP contribution in [0.3, 0.4) is 0 Å². The van der Waals surface area contributed by atoms with Gasteiger partial charge in [-0.1, -0.05) is 6.92 Å². The predicted molar refractivity (Wildman–Crippen MR) is 62.1 cm³/mol. The largest absolute Gasteiger partial charge is 0.377 e. The Labute approximate surface area is 93.2 Å². The molecule has 2 atom stereocenters. The van der Waals surface area contributed by atoms with Crippen LogP contribution in [0, 0.1) is 5.41 Å². The molecule has 0 spiro atoms. The number of ether oxygens (including phenoxy) is 1. The van der Waals surface area contributed by atoms with Crippen molar-refractivity contribution in [2.24, 2.45) is 5.41 Å². The lowest BCUT2D eigenvalue weighted by atomic mass is 9.89. The summed E-state index contributed by atoms with van der Waals surface area (Å²) in [7, 11) is 2.23. The van der Waals surface area contributed by atoms with Crippen LogP contribution < -0.4 is 5.32 Å². The fourth-order valence-corrected chi connectivity index (χ4v) is 2.86. The summed E-state index contributed by atoms with van der Waals surface area (Å²) in [6, 6.07) is 0. The van der Waals surface area contributed by atoms with E-state index in [1.54, 1.807) is 0 Å². The summed E-state index contributed by atoms with van der Waals surface area (Å²) in [4.78, 5) is 2.45. The quantitative estimate of drug-likeness (QED) is 0.755. The van der Waals surface area contributed by atoms with Crippen LogP contribution in [0.25, 0.3) is 0 Å². The monoisotopic (exact) mass is 212 g/mol. The zero-order valence-corrected chi connectivity index (χ0v) is 10.1. The zero-order chi connectivity index (χ0) is 10.7. The Morgan fingerprint density at radius 1 is 1.53 bits per heavy atom. The Hall–Kier alpha value is -0.120. The average Bonchev–Trinajstić information content (AvgIpc) is 2.76. The Morgan fingerprint density at radius 3 is 3.00 bits per heavy atom. The summed E-state index contributed by atoms with van der Waals surface area (Å²) in [6.45, 7) is 8.01. The molecule has 1 N–H and O–H groups in total. The first kappa shape index (κ1) is 11.4. The minimum atomic E-state index is 0.480. The molecule has 0 bridgehead atoms. The van der Waals surface area contributed by atoms with Gasteiger partial charge in [-0.15, -0.1) is 0 Å². The summed E-state index contributed by atoms with van der Waals surface area (Å²) < 4.78 is 5.66. The Balaban J connectivity index is 1.73. The maximum atomic E-state index is 5.66. The number of nitrogens with one attached hydrogen (secondary N) is 1. The first-order chi connectivity index (χ1) is 7.18. The van der Waals surface area contributed by atoms with Crippen LogP contribution in [0.4, 0.5) is 0 Å². The van der Waals surface area contributed by atoms with Crippen LogP contribution in [0.15, 0.2) is 0 Å². The molecule has 2 aliphatic heterocycles. The number of likely N-dealkylation sites (N-methyl/N-ethyl adjacent to an activating group) is 1. The number of rotatable bonds is 4. The average molecular weight is 212 g/mol. The first-order valence-electron chi connectivity index (χ1n) is 6.19. The highest BCUT2D eigenvalue weighted by atomic mass is 16.5. The van der Waals surface area contributed by atoms with Crippen molar-refractivity contribution in [2.45, 2.75) is 32.3 Å². The van der Waals surface area contributed by atoms with Gasteiger partial charge in [-0.3, -0.25) is 0 Å². The molecule has 2 saturated heterocycles. The number of hydrogen-bond acceptors (Lipinski definition) is 3. The number of hydrogen-bond donors (Lipinski definition) is 1. The molecule has 3 heteroatoms. The van der Waals surface area contributed by atoms with Gasteiger partial charge in [0.15, 0.2) is 0 Å². The van der Waals surface area contributed by atoms with Crippen LogP contribution in [-0.4, -0.2) is 50.8 Å². The molecule has 0 aromatic rings. The van der Waals surface area contributed by atoms with Crippen molar-refractivity contribution in [3.8, 4) is 0 Å². The molecule has 1 unspecified atom stereocenters. The molecule has 0 aromatic heterocycles. The van der Waals surface area contributed by atoms with E-state index in [9.17, 15) is 0 Å². The van der Waals surface area contributed by atoms with Crippen LogP contribution in [0.1, 0.15) is 26.2 Å². The van der Waals surface area contributed by atoms with Crippen LogP contribution in [-0.2, 0) is 4.74 Å². The van der Waals surface area contributed by atoms with Gasteiger partial charge in [0.25, 0.3) is 0 Å². The van der Waals surface area contributed by atoms with Gasteiger partial charge in [-0.25, -0.2) is 0 Å². The van der Waals surface area contributed by atoms with Crippen molar-refractivity contribution >= 4 is 0 Å². The predicted octanol–water partition coefficient (Wildman–Crippen LogP) is 1.10. The van der Waals surface area contributed by atoms with Crippen molar-refractivity contribution in [1.29, 1.82) is 0 Å². The second kappa shape index (κ2) is 4.81. The highest BCUT2D eigenvalue weighted by Gasteiger charge is 2.30. The Kier molecular flexibility index (Phi) is 3.65. The van der Waals surface area contributed by atoms with E-state index in [-0.39, 0.29) is 0 Å². The van der Waals surface area contributed by atoms with Crippen molar-refractivity contribution in [2.75, 3.05) is 39.8 Å². The van der Waals surface area contributed by atoms with Crippen molar-refractivity contribution in [3.63, 3.8) is 0 Å². The van der Waals surface area contributed by atoms with Crippen LogP contribution in [0.2, 0.25) is 0 Å². The third kappa shape index (κ3) is 3.16. The Morgan fingerprint density at radius 2 is 2.40 bits per heavy atom. The summed E-state index contributed by atoms with van der Waals surface area (Å²) in [5, 5.41) is 3.45. The van der Waals surface area contributed by atoms with Gasteiger partial charge in [-0.05, 0) is 38.3 Å². The standard InChI is InChI=1S/C12H24N2O/c1-12(5-6-13-9-12)10-14(2)8-11-4-3-7-15-11/h11,13H,3-10H2,1-2H3/t11-,12?/m0/s1. The molecule has 0 aliphatic carbocycles. The maximum absolute atomic E-state index is 5.66. The molecule has 0 saturated carbocycles. The van der Waals surface area contributed by atoms with Gasteiger partial charge in [0.2, 0.25) is 0 Å². The second-order valence-corrected chi connectivity index (χ2v) is 5.57. The molecule has 0 radical (unpaired) electrons. The van der Waals surface area contributed by atoms with E-state index in [0.29, 0.717) is 11.5 Å². The highest BCUT2D eigenvalue weighted by Crippen LogP contribution is 2.25. The molecule has 15 heavy (non-hydrogen) atoms. The minimum absolute atomic E-state index is 0.480. The molecule has 0 aromatic carbocycles. The molecule has 0 amide bonds. The fourth-order valence-electron chi connectivity index (χ4n) is 2.86. The molecular formula is C12H24N2O. The van der Waals surface area contributed by atoms with E-state index in [1.165, 1.54) is 38.9 Å². The normalized spacial score (nSPS) is 36.6. The lowest BCUT2D eigenvalue weighted by Gasteiger charge is -2.30.